The van der Waals surface area contributed by atoms with Crippen LogP contribution in [0.25, 0.3) is 11.1 Å². The fraction of sp³-hybridized carbons (Fsp3) is 0.235. The molecule has 0 bridgehead atoms. The van der Waals surface area contributed by atoms with E-state index in [1.165, 1.54) is 24.3 Å². The first-order valence-corrected chi connectivity index (χ1v) is 8.71. The van der Waals surface area contributed by atoms with Gasteiger partial charge < -0.3 is 10.2 Å². The van der Waals surface area contributed by atoms with Crippen LogP contribution in [-0.2, 0) is 10.0 Å². The Morgan fingerprint density at radius 3 is 1.88 bits per heavy atom. The van der Waals surface area contributed by atoms with E-state index in [1.54, 1.807) is 38.1 Å². The predicted molar refractivity (Wildman–Crippen MR) is 90.3 cm³/mol. The summed E-state index contributed by atoms with van der Waals surface area (Å²) in [5.41, 5.74) is 0.790. The summed E-state index contributed by atoms with van der Waals surface area (Å²) in [6, 6.07) is 12.6. The maximum absolute atomic E-state index is 12.3. The number of carboxylic acid groups (broad SMARTS) is 1. The van der Waals surface area contributed by atoms with E-state index in [-0.39, 0.29) is 17.1 Å². The van der Waals surface area contributed by atoms with E-state index in [2.05, 4.69) is 4.72 Å². The fourth-order valence-electron chi connectivity index (χ4n) is 2.09. The Labute approximate surface area is 140 Å². The van der Waals surface area contributed by atoms with Crippen molar-refractivity contribution in [3.63, 3.8) is 0 Å². The molecule has 0 atom stereocenters. The van der Waals surface area contributed by atoms with E-state index in [1.807, 2.05) is 0 Å². The molecule has 0 radical (unpaired) electrons. The van der Waals surface area contributed by atoms with Gasteiger partial charge in [0.25, 0.3) is 0 Å². The minimum Gasteiger partial charge on any atom is -0.478 e. The monoisotopic (exact) mass is 349 g/mol. The third kappa shape index (κ3) is 4.19. The normalized spacial score (nSPS) is 12.1. The smallest absolute Gasteiger partial charge is 0.335 e. The van der Waals surface area contributed by atoms with E-state index in [9.17, 15) is 18.3 Å². The van der Waals surface area contributed by atoms with Crippen molar-refractivity contribution in [2.45, 2.75) is 24.3 Å². The van der Waals surface area contributed by atoms with Gasteiger partial charge in [-0.15, -0.1) is 0 Å². The minimum atomic E-state index is -3.73. The molecular weight excluding hydrogens is 330 g/mol. The van der Waals surface area contributed by atoms with Crippen molar-refractivity contribution in [1.82, 2.24) is 4.72 Å². The number of hydrogen-bond acceptors (Lipinski definition) is 4. The molecule has 2 aromatic carbocycles. The molecule has 0 aliphatic rings. The molecule has 2 rings (SSSR count). The van der Waals surface area contributed by atoms with Crippen LogP contribution in [0.1, 0.15) is 24.2 Å². The van der Waals surface area contributed by atoms with Crippen molar-refractivity contribution in [1.29, 1.82) is 0 Å². The van der Waals surface area contributed by atoms with E-state index in [4.69, 9.17) is 5.11 Å². The first kappa shape index (κ1) is 18.1. The molecule has 6 nitrogen and oxygen atoms in total. The van der Waals surface area contributed by atoms with Gasteiger partial charge in [-0.3, -0.25) is 0 Å². The van der Waals surface area contributed by atoms with Gasteiger partial charge >= 0.3 is 5.97 Å². The third-order valence-electron chi connectivity index (χ3n) is 3.44. The summed E-state index contributed by atoms with van der Waals surface area (Å²) in [5.74, 6) is -0.999. The first-order valence-electron chi connectivity index (χ1n) is 7.23. The Morgan fingerprint density at radius 1 is 1.00 bits per heavy atom. The van der Waals surface area contributed by atoms with Gasteiger partial charge in [0, 0.05) is 0 Å². The predicted octanol–water partition coefficient (Wildman–Crippen LogP) is 2.10. The van der Waals surface area contributed by atoms with Gasteiger partial charge in [0.2, 0.25) is 10.0 Å². The number of nitrogens with one attached hydrogen (secondary N) is 1. The zero-order chi connectivity index (χ0) is 18.0. The number of hydrogen-bond donors (Lipinski definition) is 3. The summed E-state index contributed by atoms with van der Waals surface area (Å²) in [5, 5.41) is 18.1. The standard InChI is InChI=1S/C17H19NO5S/c1-17(2,11-19)18-24(22,23)15-9-7-13(8-10-15)12-3-5-14(6-4-12)16(20)21/h3-10,18-19H,11H2,1-2H3,(H,20,21). The SMILES string of the molecule is CC(C)(CO)NS(=O)(=O)c1ccc(-c2ccc(C(=O)O)cc2)cc1. The number of carbonyl (C=O) groups is 1. The van der Waals surface area contributed by atoms with E-state index >= 15 is 0 Å². The van der Waals surface area contributed by atoms with Crippen LogP contribution in [0.4, 0.5) is 0 Å². The lowest BCUT2D eigenvalue weighted by molar-refractivity contribution is 0.0697. The van der Waals surface area contributed by atoms with Gasteiger partial charge in [-0.25, -0.2) is 17.9 Å². The third-order valence-corrected chi connectivity index (χ3v) is 5.15. The number of aromatic carboxylic acids is 1. The molecule has 128 valence electrons. The van der Waals surface area contributed by atoms with E-state index in [0.717, 1.165) is 11.1 Å². The van der Waals surface area contributed by atoms with Crippen molar-refractivity contribution >= 4 is 16.0 Å². The number of rotatable bonds is 6. The van der Waals surface area contributed by atoms with Crippen LogP contribution in [0.15, 0.2) is 53.4 Å². The lowest BCUT2D eigenvalue weighted by Crippen LogP contribution is -2.46. The Balaban J connectivity index is 2.26. The molecule has 0 unspecified atom stereocenters. The summed E-state index contributed by atoms with van der Waals surface area (Å²) in [4.78, 5) is 10.9. The molecule has 0 saturated carbocycles. The van der Waals surface area contributed by atoms with Crippen LogP contribution in [0.3, 0.4) is 0 Å². The van der Waals surface area contributed by atoms with Crippen LogP contribution in [-0.4, -0.2) is 36.7 Å². The van der Waals surface area contributed by atoms with Crippen molar-refractivity contribution in [2.75, 3.05) is 6.61 Å². The van der Waals surface area contributed by atoms with Crippen LogP contribution in [0, 0.1) is 0 Å². The van der Waals surface area contributed by atoms with Crippen LogP contribution in [0.2, 0.25) is 0 Å². The Hall–Kier alpha value is -2.22. The zero-order valence-electron chi connectivity index (χ0n) is 13.4. The van der Waals surface area contributed by atoms with Crippen LogP contribution < -0.4 is 4.72 Å². The largest absolute Gasteiger partial charge is 0.478 e. The summed E-state index contributed by atoms with van der Waals surface area (Å²) < 4.78 is 27.0. The zero-order valence-corrected chi connectivity index (χ0v) is 14.2. The van der Waals surface area contributed by atoms with Gasteiger partial charge in [0.15, 0.2) is 0 Å². The topological polar surface area (TPSA) is 104 Å². The summed E-state index contributed by atoms with van der Waals surface area (Å²) in [7, 11) is -3.73. The summed E-state index contributed by atoms with van der Waals surface area (Å²) >= 11 is 0. The van der Waals surface area contributed by atoms with E-state index < -0.39 is 21.5 Å². The Bertz CT molecular complexity index is 824. The number of carboxylic acids is 1. The Morgan fingerprint density at radius 2 is 1.46 bits per heavy atom. The maximum atomic E-state index is 12.3. The molecule has 0 aliphatic carbocycles. The maximum Gasteiger partial charge on any atom is 0.335 e. The highest BCUT2D eigenvalue weighted by atomic mass is 32.2. The molecule has 0 aromatic heterocycles. The van der Waals surface area contributed by atoms with E-state index in [0.29, 0.717) is 0 Å². The van der Waals surface area contributed by atoms with Crippen molar-refractivity contribution in [3.05, 3.63) is 54.1 Å². The van der Waals surface area contributed by atoms with Crippen molar-refractivity contribution in [3.8, 4) is 11.1 Å². The highest BCUT2D eigenvalue weighted by Crippen LogP contribution is 2.22. The molecule has 0 aliphatic heterocycles. The molecule has 2 aromatic rings. The van der Waals surface area contributed by atoms with Crippen molar-refractivity contribution < 1.29 is 23.4 Å². The molecule has 0 fully saturated rings. The molecular formula is C17H19NO5S. The lowest BCUT2D eigenvalue weighted by Gasteiger charge is -2.23. The van der Waals surface area contributed by atoms with Gasteiger partial charge in [-0.05, 0) is 49.2 Å². The highest BCUT2D eigenvalue weighted by molar-refractivity contribution is 7.89. The van der Waals surface area contributed by atoms with Crippen LogP contribution in [0.5, 0.6) is 0 Å². The molecule has 0 spiro atoms. The summed E-state index contributed by atoms with van der Waals surface area (Å²) in [6.45, 7) is 2.85. The van der Waals surface area contributed by atoms with Gasteiger partial charge in [-0.1, -0.05) is 24.3 Å². The molecule has 0 heterocycles. The van der Waals surface area contributed by atoms with Gasteiger partial charge in [0.1, 0.15) is 0 Å². The Kier molecular flexibility index (Phi) is 5.08. The molecule has 0 amide bonds. The summed E-state index contributed by atoms with van der Waals surface area (Å²) in [6.07, 6.45) is 0. The average molecular weight is 349 g/mol. The molecule has 24 heavy (non-hydrogen) atoms. The van der Waals surface area contributed by atoms with Gasteiger partial charge in [-0.2, -0.15) is 0 Å². The first-order chi connectivity index (χ1) is 11.1. The number of aliphatic hydroxyl groups excluding tert-OH is 1. The lowest BCUT2D eigenvalue weighted by atomic mass is 10.0. The average Bonchev–Trinajstić information content (AvgIpc) is 2.54. The second-order valence-electron chi connectivity index (χ2n) is 6.05. The number of benzene rings is 2. The molecule has 0 saturated heterocycles. The second kappa shape index (κ2) is 6.72. The number of sulfonamides is 1. The quantitative estimate of drug-likeness (QED) is 0.741. The van der Waals surface area contributed by atoms with Crippen LogP contribution >= 0.6 is 0 Å². The number of aliphatic hydroxyl groups is 1. The molecule has 3 N–H and O–H groups in total. The van der Waals surface area contributed by atoms with Crippen molar-refractivity contribution in [2.24, 2.45) is 0 Å². The highest BCUT2D eigenvalue weighted by Gasteiger charge is 2.25. The molecule has 7 heteroatoms. The van der Waals surface area contributed by atoms with Gasteiger partial charge in [0.05, 0.1) is 22.6 Å². The minimum absolute atomic E-state index is 0.0925. The fourth-order valence-corrected chi connectivity index (χ4v) is 3.49. The second-order valence-corrected chi connectivity index (χ2v) is 7.74.